The second-order valence-electron chi connectivity index (χ2n) is 5.21. The molecule has 2 heterocycles. The molecule has 2 aromatic carbocycles. The lowest BCUT2D eigenvalue weighted by Crippen LogP contribution is -1.82. The van der Waals surface area contributed by atoms with Gasteiger partial charge in [0.2, 0.25) is 0 Å². The van der Waals surface area contributed by atoms with Crippen molar-refractivity contribution < 1.29 is 4.74 Å². The van der Waals surface area contributed by atoms with Crippen LogP contribution < -0.4 is 4.74 Å². The molecule has 0 atom stereocenters. The third-order valence-electron chi connectivity index (χ3n) is 3.68. The fourth-order valence-corrected chi connectivity index (χ4v) is 2.42. The van der Waals surface area contributed by atoms with Gasteiger partial charge < -0.3 is 4.74 Å². The second kappa shape index (κ2) is 6.88. The number of benzene rings is 2. The molecule has 3 nitrogen and oxygen atoms in total. The van der Waals surface area contributed by atoms with Crippen molar-refractivity contribution in [2.24, 2.45) is 0 Å². The lowest BCUT2D eigenvalue weighted by Gasteiger charge is -2.00. The Balaban J connectivity index is 0.000000136. The van der Waals surface area contributed by atoms with Crippen LogP contribution in [0, 0.1) is 6.92 Å². The average molecular weight is 302 g/mol. The van der Waals surface area contributed by atoms with Crippen LogP contribution in [0.4, 0.5) is 0 Å². The Morgan fingerprint density at radius 1 is 0.783 bits per heavy atom. The summed E-state index contributed by atoms with van der Waals surface area (Å²) < 4.78 is 5.09. The highest BCUT2D eigenvalue weighted by Crippen LogP contribution is 2.18. The molecule has 0 saturated heterocycles. The van der Waals surface area contributed by atoms with Crippen LogP contribution in [-0.2, 0) is 0 Å². The van der Waals surface area contributed by atoms with E-state index < -0.39 is 0 Å². The van der Waals surface area contributed by atoms with Gasteiger partial charge in [-0.15, -0.1) is 0 Å². The minimum Gasteiger partial charge on any atom is -0.497 e. The number of nitrogens with zero attached hydrogens (tertiary/aromatic N) is 2. The summed E-state index contributed by atoms with van der Waals surface area (Å²) in [4.78, 5) is 8.44. The minimum absolute atomic E-state index is 0.871. The molecule has 0 aliphatic heterocycles. The summed E-state index contributed by atoms with van der Waals surface area (Å²) in [6.07, 6.45) is 3.63. The van der Waals surface area contributed by atoms with Crippen LogP contribution in [-0.4, -0.2) is 17.1 Å². The van der Waals surface area contributed by atoms with Gasteiger partial charge in [0.05, 0.1) is 18.1 Å². The molecule has 0 N–H and O–H groups in total. The van der Waals surface area contributed by atoms with Gasteiger partial charge in [-0.3, -0.25) is 9.97 Å². The smallest absolute Gasteiger partial charge is 0.119 e. The van der Waals surface area contributed by atoms with E-state index in [0.717, 1.165) is 22.2 Å². The first-order valence-corrected chi connectivity index (χ1v) is 7.47. The largest absolute Gasteiger partial charge is 0.497 e. The number of hydrogen-bond donors (Lipinski definition) is 0. The van der Waals surface area contributed by atoms with E-state index in [9.17, 15) is 0 Å². The van der Waals surface area contributed by atoms with Crippen molar-refractivity contribution in [1.29, 1.82) is 0 Å². The summed E-state index contributed by atoms with van der Waals surface area (Å²) in [5, 5.41) is 2.35. The number of fused-ring (bicyclic) bond motifs is 2. The number of aromatic nitrogens is 2. The summed E-state index contributed by atoms with van der Waals surface area (Å²) in [6.45, 7) is 2.10. The van der Waals surface area contributed by atoms with Crippen molar-refractivity contribution in [2.75, 3.05) is 7.11 Å². The van der Waals surface area contributed by atoms with E-state index in [4.69, 9.17) is 4.74 Å². The molecule has 23 heavy (non-hydrogen) atoms. The topological polar surface area (TPSA) is 35.0 Å². The first-order valence-electron chi connectivity index (χ1n) is 7.47. The van der Waals surface area contributed by atoms with Crippen LogP contribution >= 0.6 is 0 Å². The molecule has 2 aromatic heterocycles. The van der Waals surface area contributed by atoms with Gasteiger partial charge >= 0.3 is 0 Å². The quantitative estimate of drug-likeness (QED) is 0.507. The number of methoxy groups -OCH3 is 1. The van der Waals surface area contributed by atoms with Crippen molar-refractivity contribution in [3.8, 4) is 5.75 Å². The third kappa shape index (κ3) is 3.46. The molecule has 114 valence electrons. The van der Waals surface area contributed by atoms with E-state index in [0.29, 0.717) is 0 Å². The molecule has 0 fully saturated rings. The Hall–Kier alpha value is -2.94. The highest BCUT2D eigenvalue weighted by molar-refractivity contribution is 5.81. The number of pyridine rings is 2. The first-order chi connectivity index (χ1) is 11.3. The summed E-state index contributed by atoms with van der Waals surface area (Å²) >= 11 is 0. The Bertz CT molecular complexity index is 929. The van der Waals surface area contributed by atoms with Crippen LogP contribution in [0.3, 0.4) is 0 Å². The van der Waals surface area contributed by atoms with Crippen LogP contribution in [0.25, 0.3) is 21.8 Å². The van der Waals surface area contributed by atoms with E-state index >= 15 is 0 Å². The van der Waals surface area contributed by atoms with Gasteiger partial charge in [-0.25, -0.2) is 0 Å². The number of para-hydroxylation sites is 1. The number of rotatable bonds is 1. The maximum atomic E-state index is 5.09. The summed E-state index contributed by atoms with van der Waals surface area (Å²) in [5.41, 5.74) is 3.36. The van der Waals surface area contributed by atoms with Crippen LogP contribution in [0.5, 0.6) is 5.75 Å². The average Bonchev–Trinajstić information content (AvgIpc) is 2.62. The maximum Gasteiger partial charge on any atom is 0.119 e. The van der Waals surface area contributed by atoms with Gasteiger partial charge in [0.1, 0.15) is 5.75 Å². The Labute approximate surface area is 135 Å². The van der Waals surface area contributed by atoms with Gasteiger partial charge in [-0.05, 0) is 48.9 Å². The number of hydrogen-bond acceptors (Lipinski definition) is 3. The zero-order valence-electron chi connectivity index (χ0n) is 13.2. The molecule has 0 aliphatic carbocycles. The Kier molecular flexibility index (Phi) is 4.48. The van der Waals surface area contributed by atoms with Crippen molar-refractivity contribution in [3.63, 3.8) is 0 Å². The van der Waals surface area contributed by atoms with Crippen molar-refractivity contribution >= 4 is 21.8 Å². The lowest BCUT2D eigenvalue weighted by atomic mass is 10.1. The summed E-state index contributed by atoms with van der Waals surface area (Å²) in [5.74, 6) is 0.871. The molecule has 0 bridgehead atoms. The number of aryl methyl sites for hydroxylation is 1. The molecule has 0 aliphatic rings. The summed E-state index contributed by atoms with van der Waals surface area (Å²) in [6, 6.07) is 20.0. The fraction of sp³-hybridized carbons (Fsp3) is 0.100. The van der Waals surface area contributed by atoms with Crippen LogP contribution in [0.15, 0.2) is 73.1 Å². The molecule has 0 unspecified atom stereocenters. The van der Waals surface area contributed by atoms with Gasteiger partial charge in [0.25, 0.3) is 0 Å². The third-order valence-corrected chi connectivity index (χ3v) is 3.68. The molecule has 0 amide bonds. The van der Waals surface area contributed by atoms with Crippen LogP contribution in [0.2, 0.25) is 0 Å². The minimum atomic E-state index is 0.871. The lowest BCUT2D eigenvalue weighted by molar-refractivity contribution is 0.415. The SMILES string of the molecule is COc1ccc2ncccc2c1.Cc1ccnc2ccccc12. The molecule has 0 radical (unpaired) electrons. The van der Waals surface area contributed by atoms with E-state index in [-0.39, 0.29) is 0 Å². The van der Waals surface area contributed by atoms with Crippen molar-refractivity contribution in [3.05, 3.63) is 78.6 Å². The maximum absolute atomic E-state index is 5.09. The first kappa shape index (κ1) is 15.0. The standard InChI is InChI=1S/C10H9NO.C10H9N/c1-12-9-4-5-10-8(7-9)3-2-6-11-10;1-8-6-7-11-10-5-3-2-4-9(8)10/h2-7H,1H3;2-7H,1H3. The highest BCUT2D eigenvalue weighted by Gasteiger charge is 1.95. The predicted octanol–water partition coefficient (Wildman–Crippen LogP) is 4.79. The van der Waals surface area contributed by atoms with Gasteiger partial charge in [-0.2, -0.15) is 0 Å². The molecular weight excluding hydrogens is 284 g/mol. The molecule has 4 rings (SSSR count). The fourth-order valence-electron chi connectivity index (χ4n) is 2.42. The monoisotopic (exact) mass is 302 g/mol. The van der Waals surface area contributed by atoms with Gasteiger partial charge in [0, 0.05) is 23.2 Å². The predicted molar refractivity (Wildman–Crippen MR) is 94.8 cm³/mol. The van der Waals surface area contributed by atoms with Gasteiger partial charge in [0.15, 0.2) is 0 Å². The van der Waals surface area contributed by atoms with E-state index in [1.165, 1.54) is 10.9 Å². The zero-order valence-corrected chi connectivity index (χ0v) is 13.2. The molecule has 3 heteroatoms. The van der Waals surface area contributed by atoms with E-state index in [1.807, 2.05) is 60.8 Å². The number of ether oxygens (including phenoxy) is 1. The highest BCUT2D eigenvalue weighted by atomic mass is 16.5. The Morgan fingerprint density at radius 2 is 1.61 bits per heavy atom. The van der Waals surface area contributed by atoms with E-state index in [2.05, 4.69) is 23.0 Å². The van der Waals surface area contributed by atoms with Crippen molar-refractivity contribution in [1.82, 2.24) is 9.97 Å². The molecule has 4 aromatic rings. The molecule has 0 saturated carbocycles. The zero-order chi connectivity index (χ0) is 16.1. The molecule has 0 spiro atoms. The normalized spacial score (nSPS) is 10.2. The van der Waals surface area contributed by atoms with Crippen molar-refractivity contribution in [2.45, 2.75) is 6.92 Å². The van der Waals surface area contributed by atoms with Gasteiger partial charge in [-0.1, -0.05) is 24.3 Å². The van der Waals surface area contributed by atoms with E-state index in [1.54, 1.807) is 13.3 Å². The second-order valence-corrected chi connectivity index (χ2v) is 5.21. The van der Waals surface area contributed by atoms with Crippen LogP contribution in [0.1, 0.15) is 5.56 Å². The summed E-state index contributed by atoms with van der Waals surface area (Å²) in [7, 11) is 1.66. The Morgan fingerprint density at radius 3 is 2.43 bits per heavy atom. The molecular formula is C20H18N2O.